The van der Waals surface area contributed by atoms with E-state index >= 15 is 0 Å². The molecule has 0 spiro atoms. The maximum Gasteiger partial charge on any atom is 0.132 e. The largest absolute Gasteiger partial charge is 0.487 e. The van der Waals surface area contributed by atoms with Gasteiger partial charge in [0.25, 0.3) is 0 Å². The standard InChI is InChI=1S/C14H17FN2O/c1-10(2)17-7-6-13(16-17)9-18-14-8-12(15)5-4-11(14)3/h4-8,10H,9H2,1-3H3. The van der Waals surface area contributed by atoms with Gasteiger partial charge in [-0.25, -0.2) is 4.39 Å². The van der Waals surface area contributed by atoms with Gasteiger partial charge in [-0.1, -0.05) is 6.07 Å². The van der Waals surface area contributed by atoms with Gasteiger partial charge in [0.15, 0.2) is 0 Å². The highest BCUT2D eigenvalue weighted by atomic mass is 19.1. The fourth-order valence-corrected chi connectivity index (χ4v) is 1.62. The SMILES string of the molecule is Cc1ccc(F)cc1OCc1ccn(C(C)C)n1. The molecule has 0 aliphatic rings. The first-order chi connectivity index (χ1) is 8.56. The third-order valence-electron chi connectivity index (χ3n) is 2.72. The van der Waals surface area contributed by atoms with Crippen LogP contribution in [-0.4, -0.2) is 9.78 Å². The summed E-state index contributed by atoms with van der Waals surface area (Å²) < 4.78 is 20.5. The van der Waals surface area contributed by atoms with Crippen molar-refractivity contribution in [3.05, 3.63) is 47.5 Å². The smallest absolute Gasteiger partial charge is 0.132 e. The Morgan fingerprint density at radius 2 is 2.11 bits per heavy atom. The van der Waals surface area contributed by atoms with E-state index in [1.165, 1.54) is 12.1 Å². The van der Waals surface area contributed by atoms with Gasteiger partial charge in [0.2, 0.25) is 0 Å². The number of hydrogen-bond acceptors (Lipinski definition) is 2. The predicted octanol–water partition coefficient (Wildman–Crippen LogP) is 3.49. The van der Waals surface area contributed by atoms with E-state index in [0.717, 1.165) is 11.3 Å². The van der Waals surface area contributed by atoms with Crippen LogP contribution in [0.25, 0.3) is 0 Å². The molecule has 96 valence electrons. The molecule has 0 bridgehead atoms. The summed E-state index contributed by atoms with van der Waals surface area (Å²) in [6.07, 6.45) is 1.92. The molecule has 0 atom stereocenters. The molecule has 3 nitrogen and oxygen atoms in total. The lowest BCUT2D eigenvalue weighted by Crippen LogP contribution is -2.03. The zero-order valence-electron chi connectivity index (χ0n) is 10.9. The molecule has 0 unspecified atom stereocenters. The van der Waals surface area contributed by atoms with Crippen LogP contribution in [-0.2, 0) is 6.61 Å². The number of ether oxygens (including phenoxy) is 1. The Morgan fingerprint density at radius 3 is 2.78 bits per heavy atom. The number of hydrogen-bond donors (Lipinski definition) is 0. The van der Waals surface area contributed by atoms with Crippen molar-refractivity contribution in [2.24, 2.45) is 0 Å². The fourth-order valence-electron chi connectivity index (χ4n) is 1.62. The van der Waals surface area contributed by atoms with E-state index in [2.05, 4.69) is 18.9 Å². The average molecular weight is 248 g/mol. The van der Waals surface area contributed by atoms with Crippen LogP contribution in [0.1, 0.15) is 31.1 Å². The Kier molecular flexibility index (Phi) is 3.65. The van der Waals surface area contributed by atoms with Gasteiger partial charge in [-0.3, -0.25) is 4.68 Å². The van der Waals surface area contributed by atoms with E-state index in [-0.39, 0.29) is 5.82 Å². The van der Waals surface area contributed by atoms with Crippen LogP contribution in [0.5, 0.6) is 5.75 Å². The third-order valence-corrected chi connectivity index (χ3v) is 2.72. The van der Waals surface area contributed by atoms with Crippen molar-refractivity contribution in [1.29, 1.82) is 0 Å². The lowest BCUT2D eigenvalue weighted by atomic mass is 10.2. The predicted molar refractivity (Wildman–Crippen MR) is 68.1 cm³/mol. The van der Waals surface area contributed by atoms with E-state index < -0.39 is 0 Å². The molecule has 18 heavy (non-hydrogen) atoms. The van der Waals surface area contributed by atoms with Crippen LogP contribution >= 0.6 is 0 Å². The molecule has 0 N–H and O–H groups in total. The Labute approximate surface area is 106 Å². The zero-order valence-corrected chi connectivity index (χ0v) is 10.9. The molecule has 2 rings (SSSR count). The molecule has 1 aromatic carbocycles. The second-order valence-corrected chi connectivity index (χ2v) is 4.58. The first kappa shape index (κ1) is 12.6. The molecule has 0 aliphatic heterocycles. The van der Waals surface area contributed by atoms with Crippen molar-refractivity contribution in [2.75, 3.05) is 0 Å². The molecule has 0 saturated carbocycles. The van der Waals surface area contributed by atoms with E-state index in [0.29, 0.717) is 18.4 Å². The van der Waals surface area contributed by atoms with Gasteiger partial charge in [-0.05, 0) is 38.5 Å². The van der Waals surface area contributed by atoms with E-state index in [1.807, 2.05) is 23.9 Å². The van der Waals surface area contributed by atoms with Gasteiger partial charge in [-0.2, -0.15) is 5.10 Å². The second-order valence-electron chi connectivity index (χ2n) is 4.58. The molecule has 1 heterocycles. The lowest BCUT2D eigenvalue weighted by molar-refractivity contribution is 0.295. The van der Waals surface area contributed by atoms with E-state index in [1.54, 1.807) is 6.07 Å². The highest BCUT2D eigenvalue weighted by Crippen LogP contribution is 2.19. The van der Waals surface area contributed by atoms with Crippen molar-refractivity contribution in [3.8, 4) is 5.75 Å². The van der Waals surface area contributed by atoms with Gasteiger partial charge in [0, 0.05) is 18.3 Å². The number of rotatable bonds is 4. The van der Waals surface area contributed by atoms with Gasteiger partial charge >= 0.3 is 0 Å². The number of halogens is 1. The summed E-state index contributed by atoms with van der Waals surface area (Å²) in [5.41, 5.74) is 1.76. The monoisotopic (exact) mass is 248 g/mol. The fraction of sp³-hybridized carbons (Fsp3) is 0.357. The maximum atomic E-state index is 13.1. The van der Waals surface area contributed by atoms with Crippen LogP contribution in [0.4, 0.5) is 4.39 Å². The molecule has 0 fully saturated rings. The molecule has 4 heteroatoms. The summed E-state index contributed by atoms with van der Waals surface area (Å²) in [5, 5.41) is 4.37. The molecule has 0 radical (unpaired) electrons. The number of aryl methyl sites for hydroxylation is 1. The van der Waals surface area contributed by atoms with Crippen molar-refractivity contribution in [3.63, 3.8) is 0 Å². The van der Waals surface area contributed by atoms with Crippen molar-refractivity contribution in [2.45, 2.75) is 33.4 Å². The minimum Gasteiger partial charge on any atom is -0.487 e. The summed E-state index contributed by atoms with van der Waals surface area (Å²) in [6, 6.07) is 6.77. The highest BCUT2D eigenvalue weighted by Gasteiger charge is 2.05. The quantitative estimate of drug-likeness (QED) is 0.828. The van der Waals surface area contributed by atoms with Crippen LogP contribution < -0.4 is 4.74 Å². The second kappa shape index (κ2) is 5.21. The van der Waals surface area contributed by atoms with Crippen molar-refractivity contribution in [1.82, 2.24) is 9.78 Å². The summed E-state index contributed by atoms with van der Waals surface area (Å²) in [7, 11) is 0. The van der Waals surface area contributed by atoms with Crippen molar-refractivity contribution >= 4 is 0 Å². The normalized spacial score (nSPS) is 10.9. The van der Waals surface area contributed by atoms with Gasteiger partial charge in [0.05, 0.1) is 5.69 Å². The van der Waals surface area contributed by atoms with Crippen LogP contribution in [0.15, 0.2) is 30.5 Å². The average Bonchev–Trinajstić information content (AvgIpc) is 2.79. The third kappa shape index (κ3) is 2.88. The zero-order chi connectivity index (χ0) is 13.1. The van der Waals surface area contributed by atoms with Gasteiger partial charge < -0.3 is 4.74 Å². The lowest BCUT2D eigenvalue weighted by Gasteiger charge is -2.08. The number of nitrogens with zero attached hydrogens (tertiary/aromatic N) is 2. The van der Waals surface area contributed by atoms with Crippen LogP contribution in [0.2, 0.25) is 0 Å². The molecular formula is C14H17FN2O. The Bertz CT molecular complexity index is 534. The Hall–Kier alpha value is -1.84. The summed E-state index contributed by atoms with van der Waals surface area (Å²) in [6.45, 7) is 6.37. The maximum absolute atomic E-state index is 13.1. The topological polar surface area (TPSA) is 27.1 Å². The summed E-state index contributed by atoms with van der Waals surface area (Å²) in [4.78, 5) is 0. The summed E-state index contributed by atoms with van der Waals surface area (Å²) in [5.74, 6) is 0.275. The first-order valence-corrected chi connectivity index (χ1v) is 5.99. The van der Waals surface area contributed by atoms with Gasteiger partial charge in [0.1, 0.15) is 18.2 Å². The minimum absolute atomic E-state index is 0.289. The van der Waals surface area contributed by atoms with Crippen LogP contribution in [0, 0.1) is 12.7 Å². The molecule has 2 aromatic rings. The number of aromatic nitrogens is 2. The minimum atomic E-state index is -0.289. The van der Waals surface area contributed by atoms with Gasteiger partial charge in [-0.15, -0.1) is 0 Å². The van der Waals surface area contributed by atoms with E-state index in [4.69, 9.17) is 4.74 Å². The Morgan fingerprint density at radius 1 is 1.33 bits per heavy atom. The Balaban J connectivity index is 2.04. The highest BCUT2D eigenvalue weighted by molar-refractivity contribution is 5.32. The van der Waals surface area contributed by atoms with Crippen molar-refractivity contribution < 1.29 is 9.13 Å². The molecule has 0 aliphatic carbocycles. The summed E-state index contributed by atoms with van der Waals surface area (Å²) >= 11 is 0. The van der Waals surface area contributed by atoms with E-state index in [9.17, 15) is 4.39 Å². The molecule has 0 saturated heterocycles. The van der Waals surface area contributed by atoms with Crippen LogP contribution in [0.3, 0.4) is 0 Å². The molecule has 0 amide bonds. The number of benzene rings is 1. The first-order valence-electron chi connectivity index (χ1n) is 5.99. The molecule has 1 aromatic heterocycles. The molecular weight excluding hydrogens is 231 g/mol.